The largest absolute Gasteiger partial charge is 0.464 e. The van der Waals surface area contributed by atoms with Gasteiger partial charge in [0.2, 0.25) is 0 Å². The minimum atomic E-state index is 0.569. The van der Waals surface area contributed by atoms with Crippen molar-refractivity contribution in [2.75, 3.05) is 0 Å². The summed E-state index contributed by atoms with van der Waals surface area (Å²) in [5.74, 6) is 0.721. The number of hydrogen-bond donors (Lipinski definition) is 0. The highest BCUT2D eigenvalue weighted by atomic mass is 79.9. The topological polar surface area (TPSA) is 13.1 Å². The third-order valence-electron chi connectivity index (χ3n) is 1.77. The lowest BCUT2D eigenvalue weighted by molar-refractivity contribution is 0.582. The van der Waals surface area contributed by atoms with Crippen LogP contribution in [0.3, 0.4) is 0 Å². The van der Waals surface area contributed by atoms with Crippen LogP contribution in [0.2, 0.25) is 10.0 Å². The van der Waals surface area contributed by atoms with Gasteiger partial charge < -0.3 is 4.42 Å². The van der Waals surface area contributed by atoms with E-state index in [4.69, 9.17) is 27.6 Å². The summed E-state index contributed by atoms with van der Waals surface area (Å²) in [6, 6.07) is 7.13. The van der Waals surface area contributed by atoms with Gasteiger partial charge in [-0.05, 0) is 40.2 Å². The summed E-state index contributed by atoms with van der Waals surface area (Å²) in [7, 11) is 0. The van der Waals surface area contributed by atoms with Gasteiger partial charge in [0.25, 0.3) is 0 Å². The Hall–Kier alpha value is -0.440. The molecule has 1 heterocycles. The highest BCUT2D eigenvalue weighted by Crippen LogP contribution is 2.37. The molecular formula is C10H5BrCl2O. The van der Waals surface area contributed by atoms with Crippen molar-refractivity contribution < 1.29 is 4.42 Å². The average molecular weight is 292 g/mol. The minimum absolute atomic E-state index is 0.569. The monoisotopic (exact) mass is 290 g/mol. The highest BCUT2D eigenvalue weighted by molar-refractivity contribution is 9.10. The van der Waals surface area contributed by atoms with Gasteiger partial charge in [0, 0.05) is 9.50 Å². The van der Waals surface area contributed by atoms with Gasteiger partial charge in [0.05, 0.1) is 16.8 Å². The molecule has 0 spiro atoms. The van der Waals surface area contributed by atoms with Crippen LogP contribution >= 0.6 is 39.1 Å². The second kappa shape index (κ2) is 3.97. The van der Waals surface area contributed by atoms with Gasteiger partial charge in [0.1, 0.15) is 5.76 Å². The number of hydrogen-bond acceptors (Lipinski definition) is 1. The molecule has 1 aromatic heterocycles. The molecule has 4 heteroatoms. The van der Waals surface area contributed by atoms with Crippen LogP contribution in [0.25, 0.3) is 11.3 Å². The molecule has 0 aliphatic rings. The lowest BCUT2D eigenvalue weighted by Crippen LogP contribution is -1.79. The second-order valence-electron chi connectivity index (χ2n) is 2.72. The van der Waals surface area contributed by atoms with E-state index in [1.165, 1.54) is 0 Å². The van der Waals surface area contributed by atoms with Crippen molar-refractivity contribution in [3.8, 4) is 11.3 Å². The maximum Gasteiger partial charge on any atom is 0.136 e. The molecule has 0 saturated heterocycles. The van der Waals surface area contributed by atoms with Crippen LogP contribution in [0.15, 0.2) is 39.4 Å². The smallest absolute Gasteiger partial charge is 0.136 e. The third-order valence-corrected chi connectivity index (χ3v) is 2.92. The summed E-state index contributed by atoms with van der Waals surface area (Å²) in [6.07, 6.45) is 1.60. The summed E-state index contributed by atoms with van der Waals surface area (Å²) in [6.45, 7) is 0. The summed E-state index contributed by atoms with van der Waals surface area (Å²) < 4.78 is 6.09. The Labute approximate surface area is 99.8 Å². The Kier molecular flexibility index (Phi) is 2.86. The van der Waals surface area contributed by atoms with Gasteiger partial charge in [-0.1, -0.05) is 23.2 Å². The van der Waals surface area contributed by atoms with Gasteiger partial charge in [0.15, 0.2) is 0 Å². The van der Waals surface area contributed by atoms with Crippen molar-refractivity contribution in [2.24, 2.45) is 0 Å². The molecule has 0 bridgehead atoms. The molecule has 0 atom stereocenters. The lowest BCUT2D eigenvalue weighted by Gasteiger charge is -2.04. The van der Waals surface area contributed by atoms with Crippen molar-refractivity contribution in [1.82, 2.24) is 0 Å². The first-order chi connectivity index (χ1) is 6.68. The van der Waals surface area contributed by atoms with E-state index in [0.717, 1.165) is 15.8 Å². The van der Waals surface area contributed by atoms with E-state index < -0.39 is 0 Å². The molecule has 0 amide bonds. The standard InChI is InChI=1S/C10H5BrCl2O/c11-7-4-6(12)5-8(13)10(7)9-2-1-3-14-9/h1-5H. The van der Waals surface area contributed by atoms with E-state index in [1.807, 2.05) is 12.1 Å². The number of rotatable bonds is 1. The van der Waals surface area contributed by atoms with Gasteiger partial charge in [-0.15, -0.1) is 0 Å². The van der Waals surface area contributed by atoms with E-state index >= 15 is 0 Å². The third kappa shape index (κ3) is 1.83. The quantitative estimate of drug-likeness (QED) is 0.719. The molecule has 14 heavy (non-hydrogen) atoms. The number of benzene rings is 1. The zero-order valence-electron chi connectivity index (χ0n) is 6.93. The predicted octanol–water partition coefficient (Wildman–Crippen LogP) is 5.02. The Morgan fingerprint density at radius 2 is 2.00 bits per heavy atom. The molecule has 2 rings (SSSR count). The van der Waals surface area contributed by atoms with Crippen molar-refractivity contribution in [3.05, 3.63) is 45.0 Å². The molecular weight excluding hydrogens is 287 g/mol. The average Bonchev–Trinajstić information content (AvgIpc) is 2.54. The van der Waals surface area contributed by atoms with Gasteiger partial charge in [-0.2, -0.15) is 0 Å². The Bertz CT molecular complexity index is 428. The van der Waals surface area contributed by atoms with Crippen molar-refractivity contribution >= 4 is 39.1 Å². The molecule has 1 nitrogen and oxygen atoms in total. The molecule has 0 N–H and O–H groups in total. The fraction of sp³-hybridized carbons (Fsp3) is 0. The summed E-state index contributed by atoms with van der Waals surface area (Å²) in [5, 5.41) is 1.16. The van der Waals surface area contributed by atoms with Crippen LogP contribution in [0.1, 0.15) is 0 Å². The van der Waals surface area contributed by atoms with Crippen LogP contribution in [0.5, 0.6) is 0 Å². The van der Waals surface area contributed by atoms with Crippen molar-refractivity contribution in [3.63, 3.8) is 0 Å². The van der Waals surface area contributed by atoms with Crippen molar-refractivity contribution in [1.29, 1.82) is 0 Å². The van der Waals surface area contributed by atoms with E-state index in [2.05, 4.69) is 15.9 Å². The molecule has 0 radical (unpaired) electrons. The van der Waals surface area contributed by atoms with Crippen LogP contribution in [-0.2, 0) is 0 Å². The number of halogens is 3. The maximum atomic E-state index is 6.05. The first-order valence-corrected chi connectivity index (χ1v) is 5.42. The Morgan fingerprint density at radius 1 is 1.21 bits per heavy atom. The fourth-order valence-electron chi connectivity index (χ4n) is 1.20. The van der Waals surface area contributed by atoms with Crippen LogP contribution in [0, 0.1) is 0 Å². The maximum absolute atomic E-state index is 6.05. The molecule has 0 fully saturated rings. The minimum Gasteiger partial charge on any atom is -0.464 e. The van der Waals surface area contributed by atoms with Gasteiger partial charge in [-0.3, -0.25) is 0 Å². The van der Waals surface area contributed by atoms with Crippen LogP contribution < -0.4 is 0 Å². The SMILES string of the molecule is Clc1cc(Cl)c(-c2ccco2)c(Br)c1. The van der Waals surface area contributed by atoms with E-state index in [-0.39, 0.29) is 0 Å². The Balaban J connectivity index is 2.64. The molecule has 1 aromatic carbocycles. The molecule has 0 unspecified atom stereocenters. The molecule has 0 aliphatic heterocycles. The van der Waals surface area contributed by atoms with E-state index in [1.54, 1.807) is 18.4 Å². The fourth-order valence-corrected chi connectivity index (χ4v) is 2.69. The van der Waals surface area contributed by atoms with E-state index in [9.17, 15) is 0 Å². The second-order valence-corrected chi connectivity index (χ2v) is 4.42. The number of furan rings is 1. The molecule has 2 aromatic rings. The summed E-state index contributed by atoms with van der Waals surface area (Å²) >= 11 is 15.3. The first-order valence-electron chi connectivity index (χ1n) is 3.87. The van der Waals surface area contributed by atoms with E-state index in [0.29, 0.717) is 10.0 Å². The van der Waals surface area contributed by atoms with Gasteiger partial charge in [-0.25, -0.2) is 0 Å². The van der Waals surface area contributed by atoms with Crippen LogP contribution in [-0.4, -0.2) is 0 Å². The first kappa shape index (κ1) is 10.1. The molecule has 0 aliphatic carbocycles. The van der Waals surface area contributed by atoms with Crippen LogP contribution in [0.4, 0.5) is 0 Å². The normalized spacial score (nSPS) is 10.5. The zero-order valence-corrected chi connectivity index (χ0v) is 10.0. The predicted molar refractivity (Wildman–Crippen MR) is 61.9 cm³/mol. The summed E-state index contributed by atoms with van der Waals surface area (Å²) in [5.41, 5.74) is 0.820. The summed E-state index contributed by atoms with van der Waals surface area (Å²) in [4.78, 5) is 0. The molecule has 72 valence electrons. The molecule has 0 saturated carbocycles. The Morgan fingerprint density at radius 3 is 2.57 bits per heavy atom. The zero-order chi connectivity index (χ0) is 10.1. The highest BCUT2D eigenvalue weighted by Gasteiger charge is 2.11. The van der Waals surface area contributed by atoms with Crippen molar-refractivity contribution in [2.45, 2.75) is 0 Å². The lowest BCUT2D eigenvalue weighted by atomic mass is 10.2. The van der Waals surface area contributed by atoms with Gasteiger partial charge >= 0.3 is 0 Å².